The SMILES string of the molecule is CCOC(=O)c1ccc(NS(=O)(=O)c2ccc3c(c2)CC(=O)N3)cc1. The van der Waals surface area contributed by atoms with Gasteiger partial charge in [-0.05, 0) is 55.0 Å². The van der Waals surface area contributed by atoms with Gasteiger partial charge in [0.15, 0.2) is 0 Å². The van der Waals surface area contributed by atoms with Crippen molar-refractivity contribution in [1.82, 2.24) is 0 Å². The molecule has 0 spiro atoms. The van der Waals surface area contributed by atoms with Gasteiger partial charge >= 0.3 is 5.97 Å². The Bertz CT molecular complexity index is 936. The lowest BCUT2D eigenvalue weighted by molar-refractivity contribution is -0.115. The number of rotatable bonds is 5. The van der Waals surface area contributed by atoms with Crippen molar-refractivity contribution in [2.45, 2.75) is 18.2 Å². The molecule has 1 heterocycles. The van der Waals surface area contributed by atoms with Crippen LogP contribution in [0.15, 0.2) is 47.4 Å². The summed E-state index contributed by atoms with van der Waals surface area (Å²) < 4.78 is 32.3. The van der Waals surface area contributed by atoms with Gasteiger partial charge in [0.25, 0.3) is 10.0 Å². The second-order valence-corrected chi connectivity index (χ2v) is 7.13. The number of ether oxygens (including phenoxy) is 1. The molecular weight excluding hydrogens is 344 g/mol. The molecule has 0 fully saturated rings. The average molecular weight is 360 g/mol. The largest absolute Gasteiger partial charge is 0.462 e. The molecule has 2 aromatic rings. The van der Waals surface area contributed by atoms with Crippen LogP contribution in [0.4, 0.5) is 11.4 Å². The van der Waals surface area contributed by atoms with E-state index in [0.717, 1.165) is 0 Å². The van der Waals surface area contributed by atoms with Crippen molar-refractivity contribution in [3.05, 3.63) is 53.6 Å². The predicted molar refractivity (Wildman–Crippen MR) is 92.0 cm³/mol. The quantitative estimate of drug-likeness (QED) is 0.796. The lowest BCUT2D eigenvalue weighted by Gasteiger charge is -2.10. The first-order valence-corrected chi connectivity index (χ1v) is 9.10. The summed E-state index contributed by atoms with van der Waals surface area (Å²) in [6.07, 6.45) is 0.160. The third-order valence-corrected chi connectivity index (χ3v) is 5.04. The van der Waals surface area contributed by atoms with Gasteiger partial charge in [0.2, 0.25) is 5.91 Å². The van der Waals surface area contributed by atoms with Gasteiger partial charge < -0.3 is 10.1 Å². The highest BCUT2D eigenvalue weighted by Gasteiger charge is 2.22. The summed E-state index contributed by atoms with van der Waals surface area (Å²) in [7, 11) is -3.80. The smallest absolute Gasteiger partial charge is 0.338 e. The van der Waals surface area contributed by atoms with Crippen LogP contribution < -0.4 is 10.0 Å². The van der Waals surface area contributed by atoms with Gasteiger partial charge in [-0.15, -0.1) is 0 Å². The summed E-state index contributed by atoms with van der Waals surface area (Å²) in [4.78, 5) is 23.0. The van der Waals surface area contributed by atoms with Crippen LogP contribution in [0.5, 0.6) is 0 Å². The van der Waals surface area contributed by atoms with Gasteiger partial charge in [-0.3, -0.25) is 9.52 Å². The maximum Gasteiger partial charge on any atom is 0.338 e. The molecular formula is C17H16N2O5S. The Kier molecular flexibility index (Phi) is 4.45. The molecule has 130 valence electrons. The molecule has 2 aromatic carbocycles. The first kappa shape index (κ1) is 17.0. The zero-order valence-corrected chi connectivity index (χ0v) is 14.2. The third-order valence-electron chi connectivity index (χ3n) is 3.66. The normalized spacial score (nSPS) is 13.1. The van der Waals surface area contributed by atoms with Crippen LogP contribution in [0, 0.1) is 0 Å². The first-order chi connectivity index (χ1) is 11.9. The van der Waals surface area contributed by atoms with E-state index in [1.165, 1.54) is 36.4 Å². The molecule has 0 aliphatic carbocycles. The van der Waals surface area contributed by atoms with Gasteiger partial charge in [0.05, 0.1) is 23.5 Å². The van der Waals surface area contributed by atoms with Gasteiger partial charge in [-0.2, -0.15) is 0 Å². The lowest BCUT2D eigenvalue weighted by Crippen LogP contribution is -2.13. The molecule has 0 unspecified atom stereocenters. The minimum absolute atomic E-state index is 0.0669. The van der Waals surface area contributed by atoms with Gasteiger partial charge in [0, 0.05) is 11.4 Å². The van der Waals surface area contributed by atoms with Gasteiger partial charge in [-0.1, -0.05) is 0 Å². The summed E-state index contributed by atoms with van der Waals surface area (Å²) in [6.45, 7) is 1.98. The Balaban J connectivity index is 1.79. The first-order valence-electron chi connectivity index (χ1n) is 7.62. The molecule has 1 aliphatic heterocycles. The van der Waals surface area contributed by atoms with E-state index < -0.39 is 16.0 Å². The van der Waals surface area contributed by atoms with Crippen LogP contribution in [0.3, 0.4) is 0 Å². The van der Waals surface area contributed by atoms with Crippen molar-refractivity contribution < 1.29 is 22.7 Å². The zero-order valence-electron chi connectivity index (χ0n) is 13.4. The second kappa shape index (κ2) is 6.56. The number of benzene rings is 2. The van der Waals surface area contributed by atoms with E-state index in [1.807, 2.05) is 0 Å². The Hall–Kier alpha value is -2.87. The van der Waals surface area contributed by atoms with E-state index >= 15 is 0 Å². The van der Waals surface area contributed by atoms with Crippen LogP contribution >= 0.6 is 0 Å². The highest BCUT2D eigenvalue weighted by atomic mass is 32.2. The summed E-state index contributed by atoms with van der Waals surface area (Å²) in [6, 6.07) is 10.4. The maximum absolute atomic E-state index is 12.5. The summed E-state index contributed by atoms with van der Waals surface area (Å²) in [5, 5.41) is 2.65. The molecule has 25 heavy (non-hydrogen) atoms. The second-order valence-electron chi connectivity index (χ2n) is 5.45. The lowest BCUT2D eigenvalue weighted by atomic mass is 10.2. The molecule has 0 radical (unpaired) electrons. The third kappa shape index (κ3) is 3.63. The van der Waals surface area contributed by atoms with E-state index in [9.17, 15) is 18.0 Å². The van der Waals surface area contributed by atoms with Crippen molar-refractivity contribution in [3.63, 3.8) is 0 Å². The van der Waals surface area contributed by atoms with Crippen LogP contribution in [0.25, 0.3) is 0 Å². The van der Waals surface area contributed by atoms with Crippen LogP contribution in [0.2, 0.25) is 0 Å². The standard InChI is InChI=1S/C17H16N2O5S/c1-2-24-17(21)11-3-5-13(6-4-11)19-25(22,23)14-7-8-15-12(9-14)10-16(20)18-15/h3-9,19H,2,10H2,1H3,(H,18,20). The topological polar surface area (TPSA) is 102 Å². The molecule has 0 saturated carbocycles. The Morgan fingerprint density at radius 2 is 1.92 bits per heavy atom. The fourth-order valence-electron chi connectivity index (χ4n) is 2.48. The highest BCUT2D eigenvalue weighted by molar-refractivity contribution is 7.92. The van der Waals surface area contributed by atoms with E-state index in [2.05, 4.69) is 10.0 Å². The molecule has 0 saturated heterocycles. The Morgan fingerprint density at radius 1 is 1.20 bits per heavy atom. The maximum atomic E-state index is 12.5. The number of esters is 1. The van der Waals surface area contributed by atoms with Gasteiger partial charge in [0.1, 0.15) is 0 Å². The Morgan fingerprint density at radius 3 is 2.60 bits per heavy atom. The summed E-state index contributed by atoms with van der Waals surface area (Å²) >= 11 is 0. The van der Waals surface area contributed by atoms with E-state index in [0.29, 0.717) is 22.5 Å². The molecule has 0 atom stereocenters. The fraction of sp³-hybridized carbons (Fsp3) is 0.176. The molecule has 3 rings (SSSR count). The van der Waals surface area contributed by atoms with Crippen LogP contribution in [0.1, 0.15) is 22.8 Å². The molecule has 2 N–H and O–H groups in total. The van der Waals surface area contributed by atoms with E-state index in [-0.39, 0.29) is 23.8 Å². The molecule has 1 aliphatic rings. The van der Waals surface area contributed by atoms with Crippen molar-refractivity contribution in [1.29, 1.82) is 0 Å². The van der Waals surface area contributed by atoms with E-state index in [4.69, 9.17) is 4.74 Å². The number of amides is 1. The highest BCUT2D eigenvalue weighted by Crippen LogP contribution is 2.26. The molecule has 1 amide bonds. The average Bonchev–Trinajstić information content (AvgIpc) is 2.94. The molecule has 0 aromatic heterocycles. The number of fused-ring (bicyclic) bond motifs is 1. The van der Waals surface area contributed by atoms with Gasteiger partial charge in [-0.25, -0.2) is 13.2 Å². The summed E-state index contributed by atoms with van der Waals surface area (Å²) in [5.74, 6) is -0.625. The number of anilines is 2. The number of nitrogens with one attached hydrogen (secondary N) is 2. The number of carbonyl (C=O) groups is 2. The number of hydrogen-bond acceptors (Lipinski definition) is 5. The van der Waals surface area contributed by atoms with Crippen LogP contribution in [-0.4, -0.2) is 26.9 Å². The van der Waals surface area contributed by atoms with E-state index in [1.54, 1.807) is 13.0 Å². The van der Waals surface area contributed by atoms with Crippen LogP contribution in [-0.2, 0) is 26.0 Å². The van der Waals surface area contributed by atoms with Crippen molar-refractivity contribution in [2.75, 3.05) is 16.6 Å². The zero-order chi connectivity index (χ0) is 18.0. The fourth-order valence-corrected chi connectivity index (χ4v) is 3.58. The number of sulfonamides is 1. The minimum atomic E-state index is -3.80. The monoisotopic (exact) mass is 360 g/mol. The molecule has 0 bridgehead atoms. The number of carbonyl (C=O) groups excluding carboxylic acids is 2. The minimum Gasteiger partial charge on any atom is -0.462 e. The number of hydrogen-bond donors (Lipinski definition) is 2. The molecule has 7 nitrogen and oxygen atoms in total. The van der Waals surface area contributed by atoms with Crippen molar-refractivity contribution in [3.8, 4) is 0 Å². The Labute approximate surface area is 145 Å². The molecule has 8 heteroatoms. The van der Waals surface area contributed by atoms with Crippen molar-refractivity contribution in [2.24, 2.45) is 0 Å². The predicted octanol–water partition coefficient (Wildman–Crippen LogP) is 2.16. The van der Waals surface area contributed by atoms with Crippen molar-refractivity contribution >= 4 is 33.3 Å². The summed E-state index contributed by atoms with van der Waals surface area (Å²) in [5.41, 5.74) is 1.93.